The van der Waals surface area contributed by atoms with Crippen molar-refractivity contribution in [3.8, 4) is 0 Å². The fraction of sp³-hybridized carbons (Fsp3) is 0.417. The molecule has 0 aromatic heterocycles. The van der Waals surface area contributed by atoms with Gasteiger partial charge in [0, 0.05) is 0 Å². The van der Waals surface area contributed by atoms with E-state index in [9.17, 15) is 14.4 Å². The van der Waals surface area contributed by atoms with Gasteiger partial charge in [0.25, 0.3) is 0 Å². The summed E-state index contributed by atoms with van der Waals surface area (Å²) >= 11 is 0. The van der Waals surface area contributed by atoms with Crippen molar-refractivity contribution in [3.05, 3.63) is 24.6 Å². The molecule has 0 aliphatic carbocycles. The van der Waals surface area contributed by atoms with Crippen LogP contribution in [0.1, 0.15) is 0 Å². The van der Waals surface area contributed by atoms with Crippen LogP contribution in [0.25, 0.3) is 0 Å². The Balaban J connectivity index is 4.48. The zero-order valence-electron chi connectivity index (χ0n) is 12.9. The summed E-state index contributed by atoms with van der Waals surface area (Å²) in [6, 6.07) is 0. The third-order valence-electron chi connectivity index (χ3n) is 2.29. The van der Waals surface area contributed by atoms with Crippen molar-refractivity contribution in [3.63, 3.8) is 0 Å². The first kappa shape index (κ1) is 21.3. The molecule has 0 amide bonds. The van der Waals surface area contributed by atoms with Crippen molar-refractivity contribution < 1.29 is 28.6 Å². The standard InChI is InChI=1S/C12H22N6O6/c1-6(13)8(19)22-3-11(15,16)4-24-10(21)12(17,18)5-23-9(20)7(2)14/h1-5,13-18H2. The Morgan fingerprint density at radius 2 is 1.12 bits per heavy atom. The lowest BCUT2D eigenvalue weighted by Crippen LogP contribution is -2.63. The van der Waals surface area contributed by atoms with E-state index in [0.29, 0.717) is 0 Å². The number of ether oxygens (including phenoxy) is 3. The van der Waals surface area contributed by atoms with Crippen LogP contribution in [-0.2, 0) is 28.6 Å². The van der Waals surface area contributed by atoms with Gasteiger partial charge in [-0.1, -0.05) is 13.2 Å². The molecule has 0 atom stereocenters. The molecule has 12 N–H and O–H groups in total. The number of rotatable bonds is 9. The molecule has 0 fully saturated rings. The predicted molar refractivity (Wildman–Crippen MR) is 81.7 cm³/mol. The second-order valence-electron chi connectivity index (χ2n) is 5.05. The summed E-state index contributed by atoms with van der Waals surface area (Å²) in [4.78, 5) is 34.0. The number of carbonyl (C=O) groups is 3. The maximum absolute atomic E-state index is 11.8. The summed E-state index contributed by atoms with van der Waals surface area (Å²) < 4.78 is 13.9. The summed E-state index contributed by atoms with van der Waals surface area (Å²) in [6.45, 7) is 4.42. The van der Waals surface area contributed by atoms with Crippen LogP contribution >= 0.6 is 0 Å². The van der Waals surface area contributed by atoms with Crippen LogP contribution in [0, 0.1) is 0 Å². The van der Waals surface area contributed by atoms with E-state index in [1.54, 1.807) is 0 Å². The van der Waals surface area contributed by atoms with Crippen molar-refractivity contribution in [2.45, 2.75) is 11.3 Å². The third-order valence-corrected chi connectivity index (χ3v) is 2.29. The van der Waals surface area contributed by atoms with Gasteiger partial charge in [0.1, 0.15) is 36.9 Å². The van der Waals surface area contributed by atoms with E-state index in [-0.39, 0.29) is 5.70 Å². The van der Waals surface area contributed by atoms with Gasteiger partial charge in [-0.2, -0.15) is 0 Å². The minimum Gasteiger partial charge on any atom is -0.460 e. The lowest BCUT2D eigenvalue weighted by molar-refractivity contribution is -0.158. The quantitative estimate of drug-likeness (QED) is 0.101. The molecule has 12 heteroatoms. The van der Waals surface area contributed by atoms with Gasteiger partial charge in [0.2, 0.25) is 0 Å². The Hall–Kier alpha value is -2.67. The molecule has 0 aromatic carbocycles. The van der Waals surface area contributed by atoms with Crippen LogP contribution in [0.15, 0.2) is 24.6 Å². The van der Waals surface area contributed by atoms with E-state index < -0.39 is 54.8 Å². The molecular weight excluding hydrogens is 324 g/mol. The average molecular weight is 346 g/mol. The highest BCUT2D eigenvalue weighted by molar-refractivity contribution is 5.87. The number of carbonyl (C=O) groups excluding carboxylic acids is 3. The van der Waals surface area contributed by atoms with Gasteiger partial charge in [0.05, 0.1) is 0 Å². The Labute approximate surface area is 137 Å². The molecule has 0 aliphatic rings. The lowest BCUT2D eigenvalue weighted by atomic mass is 10.2. The normalized spacial score (nSPS) is 11.3. The van der Waals surface area contributed by atoms with Gasteiger partial charge in [-0.3, -0.25) is 0 Å². The van der Waals surface area contributed by atoms with Crippen LogP contribution < -0.4 is 34.4 Å². The first-order valence-electron chi connectivity index (χ1n) is 6.34. The minimum atomic E-state index is -2.18. The number of hydrogen-bond donors (Lipinski definition) is 6. The molecule has 0 aliphatic heterocycles. The highest BCUT2D eigenvalue weighted by Crippen LogP contribution is 2.02. The largest absolute Gasteiger partial charge is 0.460 e. The van der Waals surface area contributed by atoms with Crippen molar-refractivity contribution >= 4 is 17.9 Å². The van der Waals surface area contributed by atoms with Crippen LogP contribution in [-0.4, -0.2) is 49.1 Å². The molecule has 136 valence electrons. The first-order chi connectivity index (χ1) is 10.8. The zero-order valence-corrected chi connectivity index (χ0v) is 12.9. The van der Waals surface area contributed by atoms with Gasteiger partial charge in [-0.15, -0.1) is 0 Å². The maximum atomic E-state index is 11.8. The van der Waals surface area contributed by atoms with E-state index in [0.717, 1.165) is 0 Å². The molecule has 0 heterocycles. The van der Waals surface area contributed by atoms with Crippen LogP contribution in [0.3, 0.4) is 0 Å². The van der Waals surface area contributed by atoms with Crippen LogP contribution in [0.5, 0.6) is 0 Å². The highest BCUT2D eigenvalue weighted by atomic mass is 16.6. The predicted octanol–water partition coefficient (Wildman–Crippen LogP) is -4.21. The summed E-state index contributed by atoms with van der Waals surface area (Å²) in [7, 11) is 0. The Morgan fingerprint density at radius 1 is 0.750 bits per heavy atom. The lowest BCUT2D eigenvalue weighted by Gasteiger charge is -2.27. The molecule has 0 aromatic rings. The van der Waals surface area contributed by atoms with Crippen molar-refractivity contribution in [1.82, 2.24) is 0 Å². The molecule has 0 radical (unpaired) electrons. The van der Waals surface area contributed by atoms with E-state index in [1.807, 2.05) is 0 Å². The van der Waals surface area contributed by atoms with Crippen molar-refractivity contribution in [1.29, 1.82) is 0 Å². The van der Waals surface area contributed by atoms with Gasteiger partial charge < -0.3 is 48.6 Å². The topological polar surface area (TPSA) is 235 Å². The number of nitrogens with two attached hydrogens (primary N) is 6. The fourth-order valence-corrected chi connectivity index (χ4v) is 1.01. The van der Waals surface area contributed by atoms with Crippen molar-refractivity contribution in [2.24, 2.45) is 34.4 Å². The number of hydrogen-bond acceptors (Lipinski definition) is 12. The smallest absolute Gasteiger partial charge is 0.353 e. The van der Waals surface area contributed by atoms with Crippen molar-refractivity contribution in [2.75, 3.05) is 19.8 Å². The van der Waals surface area contributed by atoms with E-state index >= 15 is 0 Å². The summed E-state index contributed by atoms with van der Waals surface area (Å²) in [5.74, 6) is -3.10. The fourth-order valence-electron chi connectivity index (χ4n) is 1.01. The van der Waals surface area contributed by atoms with E-state index in [4.69, 9.17) is 39.1 Å². The maximum Gasteiger partial charge on any atom is 0.353 e. The van der Waals surface area contributed by atoms with Gasteiger partial charge in [-0.25, -0.2) is 14.4 Å². The molecule has 0 saturated heterocycles. The van der Waals surface area contributed by atoms with Crippen LogP contribution in [0.4, 0.5) is 0 Å². The highest BCUT2D eigenvalue weighted by Gasteiger charge is 2.35. The molecule has 0 unspecified atom stereocenters. The monoisotopic (exact) mass is 346 g/mol. The van der Waals surface area contributed by atoms with Gasteiger partial charge in [-0.05, 0) is 0 Å². The van der Waals surface area contributed by atoms with Crippen LogP contribution in [0.2, 0.25) is 0 Å². The second-order valence-corrected chi connectivity index (χ2v) is 5.05. The molecule has 0 spiro atoms. The molecular formula is C12H22N6O6. The molecule has 0 bridgehead atoms. The van der Waals surface area contributed by atoms with Gasteiger partial charge >= 0.3 is 17.9 Å². The zero-order chi connectivity index (χ0) is 19.1. The molecule has 24 heavy (non-hydrogen) atoms. The molecule has 0 saturated carbocycles. The second kappa shape index (κ2) is 8.26. The summed E-state index contributed by atoms with van der Waals surface area (Å²) in [5.41, 5.74) is 27.6. The average Bonchev–Trinajstić information content (AvgIpc) is 2.47. The number of esters is 3. The SMILES string of the molecule is C=C(N)C(=O)OCC(N)(N)COC(=O)C(N)(N)COC(=O)C(=C)N. The molecule has 12 nitrogen and oxygen atoms in total. The summed E-state index contributed by atoms with van der Waals surface area (Å²) in [5, 5.41) is 0. The van der Waals surface area contributed by atoms with E-state index in [1.165, 1.54) is 0 Å². The van der Waals surface area contributed by atoms with Gasteiger partial charge in [0.15, 0.2) is 5.66 Å². The Morgan fingerprint density at radius 3 is 1.54 bits per heavy atom. The summed E-state index contributed by atoms with van der Waals surface area (Å²) in [6.07, 6.45) is 0. The Kier molecular flexibility index (Phi) is 7.34. The molecule has 0 rings (SSSR count). The minimum absolute atomic E-state index is 0.353. The third kappa shape index (κ3) is 7.55. The van der Waals surface area contributed by atoms with E-state index in [2.05, 4.69) is 22.6 Å². The first-order valence-corrected chi connectivity index (χ1v) is 6.34. The Bertz CT molecular complexity index is 544.